The number of nitrogens with zero attached hydrogens (tertiary/aromatic N) is 4. The molecule has 1 atom stereocenters. The third-order valence-corrected chi connectivity index (χ3v) is 6.58. The van der Waals surface area contributed by atoms with E-state index in [4.69, 9.17) is 12.2 Å². The lowest BCUT2D eigenvalue weighted by molar-refractivity contribution is 0.0452. The number of aromatic nitrogens is 2. The maximum atomic E-state index is 13.0. The van der Waals surface area contributed by atoms with Crippen molar-refractivity contribution in [2.75, 3.05) is 46.3 Å². The molecule has 7 nitrogen and oxygen atoms in total. The van der Waals surface area contributed by atoms with Crippen molar-refractivity contribution in [3.05, 3.63) is 38.9 Å². The van der Waals surface area contributed by atoms with Gasteiger partial charge < -0.3 is 14.8 Å². The molecule has 0 aliphatic carbocycles. The predicted octanol–water partition coefficient (Wildman–Crippen LogP) is 1.93. The van der Waals surface area contributed by atoms with Crippen LogP contribution in [0.1, 0.15) is 30.1 Å². The second-order valence-corrected chi connectivity index (χ2v) is 8.51. The lowest BCUT2D eigenvalue weighted by Crippen LogP contribution is -2.55. The summed E-state index contributed by atoms with van der Waals surface area (Å²) < 4.78 is 1.92. The van der Waals surface area contributed by atoms with E-state index >= 15 is 0 Å². The molecule has 2 fully saturated rings. The molecule has 8 heteroatoms. The highest BCUT2D eigenvalue weighted by molar-refractivity contribution is 7.71. The van der Waals surface area contributed by atoms with Crippen LogP contribution >= 0.6 is 12.2 Å². The number of hydrogen-bond donors (Lipinski definition) is 1. The summed E-state index contributed by atoms with van der Waals surface area (Å²) in [5, 5.41) is 0.559. The number of hydrogen-bond acceptors (Lipinski definition) is 5. The number of likely N-dealkylation sites (tertiary alicyclic amines) is 1. The minimum absolute atomic E-state index is 0.0197. The lowest BCUT2D eigenvalue weighted by Gasteiger charge is -2.42. The van der Waals surface area contributed by atoms with Crippen LogP contribution in [0.25, 0.3) is 10.9 Å². The normalized spacial score (nSPS) is 21.6. The first-order chi connectivity index (χ1) is 14.0. The van der Waals surface area contributed by atoms with Gasteiger partial charge in [0.1, 0.15) is 0 Å². The van der Waals surface area contributed by atoms with Crippen molar-refractivity contribution >= 4 is 29.0 Å². The van der Waals surface area contributed by atoms with E-state index in [2.05, 4.69) is 21.8 Å². The van der Waals surface area contributed by atoms with E-state index in [-0.39, 0.29) is 11.5 Å². The van der Waals surface area contributed by atoms with Gasteiger partial charge in [0.2, 0.25) is 0 Å². The fourth-order valence-corrected chi connectivity index (χ4v) is 4.91. The number of rotatable bonds is 3. The molecule has 1 N–H and O–H groups in total. The van der Waals surface area contributed by atoms with Gasteiger partial charge in [-0.1, -0.05) is 0 Å². The molecule has 1 aromatic heterocycles. The Morgan fingerprint density at radius 3 is 2.66 bits per heavy atom. The molecule has 2 aromatic rings. The monoisotopic (exact) mass is 415 g/mol. The Morgan fingerprint density at radius 2 is 1.97 bits per heavy atom. The topological polar surface area (TPSA) is 64.6 Å². The Kier molecular flexibility index (Phi) is 5.85. The van der Waals surface area contributed by atoms with Gasteiger partial charge in [0.15, 0.2) is 4.77 Å². The van der Waals surface area contributed by atoms with Crippen molar-refractivity contribution < 1.29 is 4.79 Å². The maximum Gasteiger partial charge on any atom is 0.262 e. The standard InChI is InChI=1S/C21H29N5O2S/c1-3-26-20(28)17-7-6-15(13-18(17)22-21(26)29)19(27)25-11-9-24(10-12-25)16-5-4-8-23(2)14-16/h6-7,13,16H,3-5,8-12,14H2,1-2H3,(H,22,29). The molecule has 3 heterocycles. The Labute approximate surface area is 175 Å². The summed E-state index contributed by atoms with van der Waals surface area (Å²) in [5.41, 5.74) is 1.11. The van der Waals surface area contributed by atoms with Crippen molar-refractivity contribution in [1.29, 1.82) is 0 Å². The predicted molar refractivity (Wildman–Crippen MR) is 117 cm³/mol. The number of likely N-dealkylation sites (N-methyl/N-ethyl adjacent to an activating group) is 1. The summed E-state index contributed by atoms with van der Waals surface area (Å²) in [6, 6.07) is 5.85. The highest BCUT2D eigenvalue weighted by atomic mass is 32.1. The highest BCUT2D eigenvalue weighted by Gasteiger charge is 2.28. The second-order valence-electron chi connectivity index (χ2n) is 8.13. The first-order valence-electron chi connectivity index (χ1n) is 10.5. The van der Waals surface area contributed by atoms with Gasteiger partial charge in [-0.05, 0) is 63.8 Å². The molecule has 0 bridgehead atoms. The summed E-state index contributed by atoms with van der Waals surface area (Å²) in [7, 11) is 2.19. The number of amides is 1. The van der Waals surface area contributed by atoms with Crippen molar-refractivity contribution in [1.82, 2.24) is 24.3 Å². The average molecular weight is 416 g/mol. The van der Waals surface area contributed by atoms with Crippen LogP contribution in [-0.2, 0) is 6.54 Å². The third kappa shape index (κ3) is 4.01. The van der Waals surface area contributed by atoms with Crippen LogP contribution in [-0.4, -0.2) is 82.5 Å². The molecule has 2 aliphatic heterocycles. The zero-order chi connectivity index (χ0) is 20.5. The number of piperidine rings is 1. The zero-order valence-corrected chi connectivity index (χ0v) is 18.0. The van der Waals surface area contributed by atoms with Crippen LogP contribution in [0.4, 0.5) is 0 Å². The van der Waals surface area contributed by atoms with Gasteiger partial charge in [-0.3, -0.25) is 19.1 Å². The van der Waals surface area contributed by atoms with Gasteiger partial charge in [0, 0.05) is 50.9 Å². The number of benzene rings is 1. The molecule has 156 valence electrons. The lowest BCUT2D eigenvalue weighted by atomic mass is 10.0. The van der Waals surface area contributed by atoms with Gasteiger partial charge in [-0.25, -0.2) is 0 Å². The summed E-state index contributed by atoms with van der Waals surface area (Å²) in [6.07, 6.45) is 2.50. The van der Waals surface area contributed by atoms with Crippen LogP contribution < -0.4 is 5.56 Å². The number of carbonyl (C=O) groups is 1. The van der Waals surface area contributed by atoms with Gasteiger partial charge in [0.25, 0.3) is 11.5 Å². The summed E-state index contributed by atoms with van der Waals surface area (Å²) in [6.45, 7) is 8.03. The van der Waals surface area contributed by atoms with Gasteiger partial charge in [-0.15, -0.1) is 0 Å². The second kappa shape index (κ2) is 8.38. The van der Waals surface area contributed by atoms with Crippen molar-refractivity contribution in [2.45, 2.75) is 32.4 Å². The Morgan fingerprint density at radius 1 is 1.21 bits per heavy atom. The molecular formula is C21H29N5O2S. The molecule has 4 rings (SSSR count). The highest BCUT2D eigenvalue weighted by Crippen LogP contribution is 2.18. The number of H-pyrrole nitrogens is 1. The summed E-state index contributed by atoms with van der Waals surface area (Å²) in [4.78, 5) is 35.5. The minimum atomic E-state index is -0.115. The van der Waals surface area contributed by atoms with Crippen LogP contribution in [0.5, 0.6) is 0 Å². The van der Waals surface area contributed by atoms with Crippen molar-refractivity contribution in [3.8, 4) is 0 Å². The Hall–Kier alpha value is -2.03. The summed E-state index contributed by atoms with van der Waals surface area (Å²) >= 11 is 5.29. The molecule has 29 heavy (non-hydrogen) atoms. The van der Waals surface area contributed by atoms with E-state index in [1.165, 1.54) is 24.0 Å². The third-order valence-electron chi connectivity index (χ3n) is 6.26. The van der Waals surface area contributed by atoms with Gasteiger partial charge >= 0.3 is 0 Å². The van der Waals surface area contributed by atoms with Gasteiger partial charge in [0.05, 0.1) is 10.9 Å². The maximum absolute atomic E-state index is 13.0. The van der Waals surface area contributed by atoms with Crippen LogP contribution in [0, 0.1) is 4.77 Å². The molecule has 0 radical (unpaired) electrons. The Bertz CT molecular complexity index is 1020. The summed E-state index contributed by atoms with van der Waals surface area (Å²) in [5.74, 6) is 0.0197. The number of piperazine rings is 1. The van der Waals surface area contributed by atoms with E-state index < -0.39 is 0 Å². The van der Waals surface area contributed by atoms with E-state index in [1.807, 2.05) is 11.8 Å². The van der Waals surface area contributed by atoms with E-state index in [0.717, 1.165) is 32.7 Å². The van der Waals surface area contributed by atoms with E-state index in [1.54, 1.807) is 18.2 Å². The molecule has 0 saturated carbocycles. The zero-order valence-electron chi connectivity index (χ0n) is 17.2. The largest absolute Gasteiger partial charge is 0.336 e. The van der Waals surface area contributed by atoms with E-state index in [0.29, 0.717) is 33.8 Å². The number of fused-ring (bicyclic) bond motifs is 1. The van der Waals surface area contributed by atoms with Gasteiger partial charge in [-0.2, -0.15) is 0 Å². The first-order valence-corrected chi connectivity index (χ1v) is 10.9. The quantitative estimate of drug-likeness (QED) is 0.776. The molecule has 1 unspecified atom stereocenters. The molecule has 1 aromatic carbocycles. The average Bonchev–Trinajstić information content (AvgIpc) is 2.73. The number of nitrogens with one attached hydrogen (secondary N) is 1. The first kappa shape index (κ1) is 20.3. The van der Waals surface area contributed by atoms with Crippen molar-refractivity contribution in [3.63, 3.8) is 0 Å². The van der Waals surface area contributed by atoms with Crippen LogP contribution in [0.3, 0.4) is 0 Å². The van der Waals surface area contributed by atoms with Crippen LogP contribution in [0.15, 0.2) is 23.0 Å². The number of carbonyl (C=O) groups excluding carboxylic acids is 1. The molecule has 2 saturated heterocycles. The van der Waals surface area contributed by atoms with E-state index in [9.17, 15) is 9.59 Å². The van der Waals surface area contributed by atoms with Crippen molar-refractivity contribution in [2.24, 2.45) is 0 Å². The molecular weight excluding hydrogens is 386 g/mol. The molecule has 2 aliphatic rings. The fourth-order valence-electron chi connectivity index (χ4n) is 4.58. The number of aromatic amines is 1. The van der Waals surface area contributed by atoms with Crippen LogP contribution in [0.2, 0.25) is 0 Å². The Balaban J connectivity index is 1.48. The molecule has 0 spiro atoms. The SMILES string of the molecule is CCn1c(=S)[nH]c2cc(C(=O)N3CCN(C4CCCN(C)C4)CC3)ccc2c1=O. The smallest absolute Gasteiger partial charge is 0.262 e. The minimum Gasteiger partial charge on any atom is -0.336 e. The molecule has 1 amide bonds. The fraction of sp³-hybridized carbons (Fsp3) is 0.571.